The SMILES string of the molecule is O=C(O)C(c1ccc([N+](=O)[O-])cc1)N1CCCC1. The van der Waals surface area contributed by atoms with Gasteiger partial charge in [0, 0.05) is 12.1 Å². The van der Waals surface area contributed by atoms with Crippen LogP contribution in [0.15, 0.2) is 24.3 Å². The summed E-state index contributed by atoms with van der Waals surface area (Å²) in [5, 5.41) is 19.8. The lowest BCUT2D eigenvalue weighted by molar-refractivity contribution is -0.384. The zero-order valence-corrected chi connectivity index (χ0v) is 9.78. The number of aliphatic carboxylic acids is 1. The van der Waals surface area contributed by atoms with Gasteiger partial charge in [0.2, 0.25) is 0 Å². The fourth-order valence-corrected chi connectivity index (χ4v) is 2.29. The molecule has 18 heavy (non-hydrogen) atoms. The average Bonchev–Trinajstić information content (AvgIpc) is 2.83. The van der Waals surface area contributed by atoms with Crippen LogP contribution in [0.1, 0.15) is 24.4 Å². The Hall–Kier alpha value is -1.95. The van der Waals surface area contributed by atoms with Gasteiger partial charge >= 0.3 is 5.97 Å². The van der Waals surface area contributed by atoms with Crippen molar-refractivity contribution in [3.8, 4) is 0 Å². The lowest BCUT2D eigenvalue weighted by Crippen LogP contribution is -2.31. The third kappa shape index (κ3) is 2.48. The van der Waals surface area contributed by atoms with Crippen LogP contribution < -0.4 is 0 Å². The fourth-order valence-electron chi connectivity index (χ4n) is 2.29. The van der Waals surface area contributed by atoms with E-state index in [-0.39, 0.29) is 5.69 Å². The van der Waals surface area contributed by atoms with E-state index < -0.39 is 16.9 Å². The number of nitrogens with zero attached hydrogens (tertiary/aromatic N) is 2. The molecule has 0 radical (unpaired) electrons. The minimum atomic E-state index is -0.911. The number of nitro benzene ring substituents is 1. The first-order valence-corrected chi connectivity index (χ1v) is 5.81. The Kier molecular flexibility index (Phi) is 3.57. The highest BCUT2D eigenvalue weighted by molar-refractivity contribution is 5.75. The molecule has 0 spiro atoms. The van der Waals surface area contributed by atoms with Crippen molar-refractivity contribution in [1.29, 1.82) is 0 Å². The van der Waals surface area contributed by atoms with Crippen molar-refractivity contribution in [3.05, 3.63) is 39.9 Å². The van der Waals surface area contributed by atoms with Gasteiger partial charge in [0.25, 0.3) is 5.69 Å². The van der Waals surface area contributed by atoms with Crippen LogP contribution >= 0.6 is 0 Å². The normalized spacial score (nSPS) is 17.6. The fraction of sp³-hybridized carbons (Fsp3) is 0.417. The highest BCUT2D eigenvalue weighted by atomic mass is 16.6. The summed E-state index contributed by atoms with van der Waals surface area (Å²) >= 11 is 0. The maximum Gasteiger partial charge on any atom is 0.325 e. The number of rotatable bonds is 4. The van der Waals surface area contributed by atoms with Gasteiger partial charge in [-0.05, 0) is 31.5 Å². The van der Waals surface area contributed by atoms with Crippen LogP contribution in [0.25, 0.3) is 0 Å². The molecule has 1 unspecified atom stereocenters. The molecule has 1 heterocycles. The van der Waals surface area contributed by atoms with E-state index in [1.165, 1.54) is 24.3 Å². The van der Waals surface area contributed by atoms with Gasteiger partial charge in [0.1, 0.15) is 6.04 Å². The molecular formula is C12H14N2O4. The van der Waals surface area contributed by atoms with Crippen LogP contribution in [-0.4, -0.2) is 34.0 Å². The minimum absolute atomic E-state index is 0.0238. The molecule has 1 saturated heterocycles. The van der Waals surface area contributed by atoms with Crippen LogP contribution in [0.3, 0.4) is 0 Å². The van der Waals surface area contributed by atoms with Crippen LogP contribution in [0.5, 0.6) is 0 Å². The molecule has 0 aliphatic carbocycles. The molecule has 6 nitrogen and oxygen atoms in total. The minimum Gasteiger partial charge on any atom is -0.480 e. The summed E-state index contributed by atoms with van der Waals surface area (Å²) in [5.41, 5.74) is 0.569. The number of nitro groups is 1. The summed E-state index contributed by atoms with van der Waals surface area (Å²) in [5.74, 6) is -0.911. The number of non-ortho nitro benzene ring substituents is 1. The molecule has 6 heteroatoms. The first-order valence-electron chi connectivity index (χ1n) is 5.81. The lowest BCUT2D eigenvalue weighted by Gasteiger charge is -2.23. The molecule has 1 fully saturated rings. The predicted octanol–water partition coefficient (Wildman–Crippen LogP) is 1.82. The van der Waals surface area contributed by atoms with Crippen molar-refractivity contribution < 1.29 is 14.8 Å². The van der Waals surface area contributed by atoms with Crippen molar-refractivity contribution in [2.45, 2.75) is 18.9 Å². The highest BCUT2D eigenvalue weighted by Crippen LogP contribution is 2.26. The molecule has 1 aromatic rings. The van der Waals surface area contributed by atoms with E-state index in [1.54, 1.807) is 0 Å². The summed E-state index contributed by atoms with van der Waals surface area (Å²) in [4.78, 5) is 23.3. The van der Waals surface area contributed by atoms with E-state index in [4.69, 9.17) is 0 Å². The van der Waals surface area contributed by atoms with E-state index >= 15 is 0 Å². The largest absolute Gasteiger partial charge is 0.480 e. The van der Waals surface area contributed by atoms with E-state index in [0.29, 0.717) is 5.56 Å². The molecular weight excluding hydrogens is 236 g/mol. The van der Waals surface area contributed by atoms with Gasteiger partial charge in [-0.15, -0.1) is 0 Å². The van der Waals surface area contributed by atoms with E-state index in [0.717, 1.165) is 25.9 Å². The van der Waals surface area contributed by atoms with Crippen molar-refractivity contribution in [2.24, 2.45) is 0 Å². The number of hydrogen-bond donors (Lipinski definition) is 1. The van der Waals surface area contributed by atoms with Gasteiger partial charge in [-0.2, -0.15) is 0 Å². The van der Waals surface area contributed by atoms with Crippen molar-refractivity contribution in [1.82, 2.24) is 4.90 Å². The molecule has 1 N–H and O–H groups in total. The Labute approximate surface area is 104 Å². The van der Waals surface area contributed by atoms with Crippen LogP contribution in [0, 0.1) is 10.1 Å². The Morgan fingerprint density at radius 2 is 1.83 bits per heavy atom. The summed E-state index contributed by atoms with van der Waals surface area (Å²) in [7, 11) is 0. The molecule has 0 saturated carbocycles. The standard InChI is InChI=1S/C12H14N2O4/c15-12(16)11(13-7-1-2-8-13)9-3-5-10(6-4-9)14(17)18/h3-6,11H,1-2,7-8H2,(H,15,16). The molecule has 1 aliphatic rings. The van der Waals surface area contributed by atoms with Crippen molar-refractivity contribution in [3.63, 3.8) is 0 Å². The molecule has 2 rings (SSSR count). The van der Waals surface area contributed by atoms with Crippen LogP contribution in [-0.2, 0) is 4.79 Å². The van der Waals surface area contributed by atoms with E-state index in [9.17, 15) is 20.0 Å². The van der Waals surface area contributed by atoms with Gasteiger partial charge < -0.3 is 5.11 Å². The maximum atomic E-state index is 11.3. The molecule has 1 aromatic carbocycles. The molecule has 0 amide bonds. The first kappa shape index (κ1) is 12.5. The van der Waals surface area contributed by atoms with Crippen molar-refractivity contribution >= 4 is 11.7 Å². The zero-order chi connectivity index (χ0) is 13.1. The summed E-state index contributed by atoms with van der Waals surface area (Å²) in [6, 6.07) is 5.04. The predicted molar refractivity (Wildman–Crippen MR) is 64.3 cm³/mol. The Morgan fingerprint density at radius 1 is 1.28 bits per heavy atom. The second-order valence-electron chi connectivity index (χ2n) is 4.33. The number of likely N-dealkylation sites (tertiary alicyclic amines) is 1. The first-order chi connectivity index (χ1) is 8.59. The molecule has 96 valence electrons. The number of carboxylic acids is 1. The lowest BCUT2D eigenvalue weighted by atomic mass is 10.1. The third-order valence-electron chi connectivity index (χ3n) is 3.16. The van der Waals surface area contributed by atoms with E-state index in [2.05, 4.69) is 0 Å². The Bertz CT molecular complexity index is 452. The number of carbonyl (C=O) groups is 1. The van der Waals surface area contributed by atoms with Crippen molar-refractivity contribution in [2.75, 3.05) is 13.1 Å². The number of benzene rings is 1. The van der Waals surface area contributed by atoms with Gasteiger partial charge in [0.15, 0.2) is 0 Å². The topological polar surface area (TPSA) is 83.7 Å². The maximum absolute atomic E-state index is 11.3. The smallest absolute Gasteiger partial charge is 0.325 e. The molecule has 0 bridgehead atoms. The number of carboxylic acid groups (broad SMARTS) is 1. The molecule has 1 atom stereocenters. The van der Waals surface area contributed by atoms with Gasteiger partial charge in [-0.3, -0.25) is 19.8 Å². The Balaban J connectivity index is 2.25. The quantitative estimate of drug-likeness (QED) is 0.650. The monoisotopic (exact) mass is 250 g/mol. The Morgan fingerprint density at radius 3 is 2.28 bits per heavy atom. The summed E-state index contributed by atoms with van der Waals surface area (Å²) < 4.78 is 0. The third-order valence-corrected chi connectivity index (χ3v) is 3.16. The van der Waals surface area contributed by atoms with E-state index in [1.807, 2.05) is 4.90 Å². The van der Waals surface area contributed by atoms with Gasteiger partial charge in [0.05, 0.1) is 4.92 Å². The number of hydrogen-bond acceptors (Lipinski definition) is 4. The van der Waals surface area contributed by atoms with Crippen LogP contribution in [0.2, 0.25) is 0 Å². The highest BCUT2D eigenvalue weighted by Gasteiger charge is 2.29. The molecule has 1 aliphatic heterocycles. The average molecular weight is 250 g/mol. The van der Waals surface area contributed by atoms with Gasteiger partial charge in [-0.1, -0.05) is 12.1 Å². The summed E-state index contributed by atoms with van der Waals surface area (Å²) in [6.45, 7) is 1.52. The second-order valence-corrected chi connectivity index (χ2v) is 4.33. The summed E-state index contributed by atoms with van der Waals surface area (Å²) in [6.07, 6.45) is 1.99. The zero-order valence-electron chi connectivity index (χ0n) is 9.78. The molecule has 0 aromatic heterocycles. The van der Waals surface area contributed by atoms with Crippen LogP contribution in [0.4, 0.5) is 5.69 Å². The second kappa shape index (κ2) is 5.14. The van der Waals surface area contributed by atoms with Gasteiger partial charge in [-0.25, -0.2) is 0 Å².